The molecule has 3 heteroatoms. The van der Waals surface area contributed by atoms with Crippen LogP contribution in [0.3, 0.4) is 0 Å². The smallest absolute Gasteiger partial charge is 0.0562 e. The topological polar surface area (TPSA) is 14.8 Å². The molecule has 65 heavy (non-hydrogen) atoms. The lowest BCUT2D eigenvalue weighted by Gasteiger charge is -2.13. The van der Waals surface area contributed by atoms with Crippen molar-refractivity contribution in [3.63, 3.8) is 0 Å². The third kappa shape index (κ3) is 5.43. The average Bonchev–Trinajstić information content (AvgIpc) is 4.00. The van der Waals surface area contributed by atoms with Crippen molar-refractivity contribution in [2.24, 2.45) is 0 Å². The van der Waals surface area contributed by atoms with Crippen LogP contribution in [-0.2, 0) is 0 Å². The van der Waals surface area contributed by atoms with Crippen LogP contribution in [-0.4, -0.2) is 13.7 Å². The van der Waals surface area contributed by atoms with Crippen molar-refractivity contribution < 1.29 is 0 Å². The van der Waals surface area contributed by atoms with Gasteiger partial charge in [-0.05, 0) is 117 Å². The highest BCUT2D eigenvalue weighted by Gasteiger charge is 2.21. The van der Waals surface area contributed by atoms with Crippen LogP contribution < -0.4 is 0 Å². The minimum atomic E-state index is 1.15. The second kappa shape index (κ2) is 13.9. The molecule has 0 fully saturated rings. The second-order valence-corrected chi connectivity index (χ2v) is 17.3. The van der Waals surface area contributed by atoms with Crippen LogP contribution >= 0.6 is 0 Å². The summed E-state index contributed by atoms with van der Waals surface area (Å²) in [6.07, 6.45) is 0. The Balaban J connectivity index is 1.01. The maximum atomic E-state index is 2.50. The van der Waals surface area contributed by atoms with E-state index in [1.54, 1.807) is 0 Å². The van der Waals surface area contributed by atoms with Gasteiger partial charge in [0.1, 0.15) is 0 Å². The summed E-state index contributed by atoms with van der Waals surface area (Å²) in [6.45, 7) is 0. The number of nitrogens with zero attached hydrogens (tertiary/aromatic N) is 3. The molecule has 0 N–H and O–H groups in total. The molecule has 11 aromatic carbocycles. The quantitative estimate of drug-likeness (QED) is 0.164. The zero-order valence-electron chi connectivity index (χ0n) is 35.4. The van der Waals surface area contributed by atoms with Crippen molar-refractivity contribution >= 4 is 87.0 Å². The largest absolute Gasteiger partial charge is 0.309 e. The van der Waals surface area contributed by atoms with Gasteiger partial charge in [0.05, 0.1) is 38.8 Å². The minimum Gasteiger partial charge on any atom is -0.309 e. The number of aromatic nitrogens is 3. The standard InChI is InChI=1S/C62H39N3/c1-2-14-40(15-3-1)44-20-12-21-47(34-44)63-57-25-10-8-23-50(57)52-36-45(29-32-59(52)63)46-30-33-60-53(37-46)55-38-54-51-24-9-11-26-58(51)64(48-31-28-41-16-4-5-18-43(41)35-48)61(54)39-62(55)65(60)56-27-13-19-42-17-6-7-22-49(42)56/h1-39H. The summed E-state index contributed by atoms with van der Waals surface area (Å²) in [7, 11) is 0. The van der Waals surface area contributed by atoms with E-state index in [0.717, 1.165) is 11.4 Å². The van der Waals surface area contributed by atoms with Crippen LogP contribution in [0.1, 0.15) is 0 Å². The van der Waals surface area contributed by atoms with Gasteiger partial charge in [0.2, 0.25) is 0 Å². The summed E-state index contributed by atoms with van der Waals surface area (Å²) in [5.74, 6) is 0. The first-order valence-electron chi connectivity index (χ1n) is 22.4. The fourth-order valence-electron chi connectivity index (χ4n) is 10.8. The number of hydrogen-bond donors (Lipinski definition) is 0. The fourth-order valence-corrected chi connectivity index (χ4v) is 10.8. The van der Waals surface area contributed by atoms with Crippen LogP contribution in [0.4, 0.5) is 0 Å². The molecule has 0 unspecified atom stereocenters. The van der Waals surface area contributed by atoms with E-state index in [1.807, 2.05) is 0 Å². The van der Waals surface area contributed by atoms with Crippen molar-refractivity contribution in [1.82, 2.24) is 13.7 Å². The van der Waals surface area contributed by atoms with Gasteiger partial charge in [-0.1, -0.05) is 158 Å². The van der Waals surface area contributed by atoms with Gasteiger partial charge in [0.25, 0.3) is 0 Å². The molecule has 0 aliphatic rings. The molecule has 0 atom stereocenters. The van der Waals surface area contributed by atoms with Gasteiger partial charge in [0.15, 0.2) is 0 Å². The molecule has 0 amide bonds. The highest BCUT2D eigenvalue weighted by atomic mass is 15.0. The maximum absolute atomic E-state index is 2.50. The van der Waals surface area contributed by atoms with E-state index in [0.29, 0.717) is 0 Å². The fraction of sp³-hybridized carbons (Fsp3) is 0. The van der Waals surface area contributed by atoms with E-state index in [4.69, 9.17) is 0 Å². The number of para-hydroxylation sites is 2. The summed E-state index contributed by atoms with van der Waals surface area (Å²) >= 11 is 0. The molecule has 0 bridgehead atoms. The van der Waals surface area contributed by atoms with Crippen LogP contribution in [0.5, 0.6) is 0 Å². The van der Waals surface area contributed by atoms with E-state index >= 15 is 0 Å². The first kappa shape index (κ1) is 35.9. The normalized spacial score (nSPS) is 12.0. The summed E-state index contributed by atoms with van der Waals surface area (Å²) < 4.78 is 7.37. The highest BCUT2D eigenvalue weighted by Crippen LogP contribution is 2.43. The monoisotopic (exact) mass is 825 g/mol. The predicted molar refractivity (Wildman–Crippen MR) is 275 cm³/mol. The van der Waals surface area contributed by atoms with Gasteiger partial charge >= 0.3 is 0 Å². The zero-order valence-corrected chi connectivity index (χ0v) is 35.4. The molecule has 0 radical (unpaired) electrons. The molecule has 0 saturated heterocycles. The third-order valence-electron chi connectivity index (χ3n) is 13.8. The Kier molecular flexibility index (Phi) is 7.69. The van der Waals surface area contributed by atoms with E-state index in [-0.39, 0.29) is 0 Å². The van der Waals surface area contributed by atoms with Gasteiger partial charge in [-0.3, -0.25) is 0 Å². The minimum absolute atomic E-state index is 1.15. The van der Waals surface area contributed by atoms with Crippen molar-refractivity contribution in [3.8, 4) is 39.3 Å². The molecule has 0 aliphatic carbocycles. The van der Waals surface area contributed by atoms with E-state index < -0.39 is 0 Å². The van der Waals surface area contributed by atoms with Crippen molar-refractivity contribution in [2.75, 3.05) is 0 Å². The molecule has 3 heterocycles. The lowest BCUT2D eigenvalue weighted by atomic mass is 10.00. The molecule has 3 nitrogen and oxygen atoms in total. The van der Waals surface area contributed by atoms with Crippen molar-refractivity contribution in [1.29, 1.82) is 0 Å². The molecule has 3 aromatic heterocycles. The van der Waals surface area contributed by atoms with E-state index in [2.05, 4.69) is 250 Å². The van der Waals surface area contributed by atoms with Crippen LogP contribution in [0, 0.1) is 0 Å². The Morgan fingerprint density at radius 2 is 0.692 bits per heavy atom. The maximum Gasteiger partial charge on any atom is 0.0562 e. The summed E-state index contributed by atoms with van der Waals surface area (Å²) in [5.41, 5.74) is 15.4. The molecular formula is C62H39N3. The first-order valence-corrected chi connectivity index (χ1v) is 22.4. The van der Waals surface area contributed by atoms with Crippen molar-refractivity contribution in [2.45, 2.75) is 0 Å². The van der Waals surface area contributed by atoms with Crippen LogP contribution in [0.25, 0.3) is 126 Å². The third-order valence-corrected chi connectivity index (χ3v) is 13.8. The number of rotatable bonds is 5. The second-order valence-electron chi connectivity index (χ2n) is 17.3. The predicted octanol–water partition coefficient (Wildman–Crippen LogP) is 16.6. The lowest BCUT2D eigenvalue weighted by Crippen LogP contribution is -1.97. The molecular weight excluding hydrogens is 787 g/mol. The Morgan fingerprint density at radius 3 is 1.46 bits per heavy atom. The van der Waals surface area contributed by atoms with E-state index in [1.165, 1.54) is 115 Å². The van der Waals surface area contributed by atoms with Gasteiger partial charge in [0, 0.05) is 49.1 Å². The van der Waals surface area contributed by atoms with Crippen molar-refractivity contribution in [3.05, 3.63) is 237 Å². The molecule has 302 valence electrons. The molecule has 14 rings (SSSR count). The number of hydrogen-bond acceptors (Lipinski definition) is 0. The summed E-state index contributed by atoms with van der Waals surface area (Å²) in [4.78, 5) is 0. The Bertz CT molecular complexity index is 4230. The number of fused-ring (bicyclic) bond motifs is 11. The average molecular weight is 826 g/mol. The summed E-state index contributed by atoms with van der Waals surface area (Å²) in [6, 6.07) is 87.2. The Labute approximate surface area is 374 Å². The molecule has 0 spiro atoms. The first-order chi connectivity index (χ1) is 32.2. The highest BCUT2D eigenvalue weighted by molar-refractivity contribution is 6.20. The van der Waals surface area contributed by atoms with Gasteiger partial charge in [-0.2, -0.15) is 0 Å². The molecule has 14 aromatic rings. The van der Waals surface area contributed by atoms with Crippen LogP contribution in [0.15, 0.2) is 237 Å². The van der Waals surface area contributed by atoms with Gasteiger partial charge < -0.3 is 13.7 Å². The van der Waals surface area contributed by atoms with Gasteiger partial charge in [-0.25, -0.2) is 0 Å². The SMILES string of the molecule is c1ccc(-c2cccc(-n3c4ccccc4c4cc(-c5ccc6c(c5)c5cc7c8ccccc8n(-c8ccc9ccccc9c8)c7cc5n6-c5cccc6ccccc56)ccc43)c2)cc1. The van der Waals surface area contributed by atoms with E-state index in [9.17, 15) is 0 Å². The van der Waals surface area contributed by atoms with Gasteiger partial charge in [-0.15, -0.1) is 0 Å². The Morgan fingerprint density at radius 1 is 0.200 bits per heavy atom. The molecule has 0 aliphatic heterocycles. The number of benzene rings is 11. The lowest BCUT2D eigenvalue weighted by molar-refractivity contribution is 1.17. The Hall–Kier alpha value is -8.66. The zero-order chi connectivity index (χ0) is 42.6. The molecule has 0 saturated carbocycles. The van der Waals surface area contributed by atoms with Crippen LogP contribution in [0.2, 0.25) is 0 Å². The summed E-state index contributed by atoms with van der Waals surface area (Å²) in [5, 5.41) is 12.4.